The van der Waals surface area contributed by atoms with E-state index in [-0.39, 0.29) is 0 Å². The summed E-state index contributed by atoms with van der Waals surface area (Å²) in [6, 6.07) is 26.1. The van der Waals surface area contributed by atoms with Crippen molar-refractivity contribution in [3.05, 3.63) is 84.2 Å². The Balaban J connectivity index is 1.92. The zero-order valence-electron chi connectivity index (χ0n) is 13.7. The Kier molecular flexibility index (Phi) is 2.48. The normalized spacial score (nSPS) is 13.3. The molecule has 1 aliphatic rings. The maximum Gasteiger partial charge on any atom is 0.114 e. The summed E-state index contributed by atoms with van der Waals surface area (Å²) in [6.45, 7) is 0. The first-order valence-corrected chi connectivity index (χ1v) is 8.81. The third-order valence-corrected chi connectivity index (χ3v) is 5.45. The van der Waals surface area contributed by atoms with Crippen LogP contribution in [0.3, 0.4) is 0 Å². The third kappa shape index (κ3) is 1.66. The fraction of sp³-hybridized carbons (Fsp3) is 0.0870. The SMILES string of the molecule is c1ccc2c(c1)CCc1nc3c4ccccc4c4ccccc4c3n1-2. The second-order valence-electron chi connectivity index (χ2n) is 6.78. The van der Waals surface area contributed by atoms with Crippen molar-refractivity contribution < 1.29 is 0 Å². The van der Waals surface area contributed by atoms with Crippen molar-refractivity contribution in [3.8, 4) is 5.69 Å². The monoisotopic (exact) mass is 320 g/mol. The molecule has 118 valence electrons. The van der Waals surface area contributed by atoms with Crippen molar-refractivity contribution >= 4 is 32.6 Å². The van der Waals surface area contributed by atoms with Gasteiger partial charge in [0.25, 0.3) is 0 Å². The molecule has 2 nitrogen and oxygen atoms in total. The second-order valence-corrected chi connectivity index (χ2v) is 6.78. The van der Waals surface area contributed by atoms with Gasteiger partial charge in [0, 0.05) is 17.2 Å². The van der Waals surface area contributed by atoms with Crippen molar-refractivity contribution in [3.63, 3.8) is 0 Å². The molecule has 4 aromatic carbocycles. The van der Waals surface area contributed by atoms with Crippen LogP contribution < -0.4 is 0 Å². The van der Waals surface area contributed by atoms with E-state index in [0.29, 0.717) is 0 Å². The van der Waals surface area contributed by atoms with Gasteiger partial charge in [-0.3, -0.25) is 4.57 Å². The van der Waals surface area contributed by atoms with Gasteiger partial charge < -0.3 is 0 Å². The van der Waals surface area contributed by atoms with Crippen LogP contribution in [0.5, 0.6) is 0 Å². The second kappa shape index (κ2) is 4.70. The van der Waals surface area contributed by atoms with Gasteiger partial charge in [0.15, 0.2) is 0 Å². The van der Waals surface area contributed by atoms with E-state index >= 15 is 0 Å². The van der Waals surface area contributed by atoms with Crippen LogP contribution in [0.2, 0.25) is 0 Å². The molecule has 6 rings (SSSR count). The van der Waals surface area contributed by atoms with Crippen LogP contribution in [-0.2, 0) is 12.8 Å². The van der Waals surface area contributed by atoms with Gasteiger partial charge in [-0.1, -0.05) is 66.7 Å². The minimum absolute atomic E-state index is 0.994. The summed E-state index contributed by atoms with van der Waals surface area (Å²) in [6.07, 6.45) is 2.06. The first-order chi connectivity index (χ1) is 12.4. The number of hydrogen-bond acceptors (Lipinski definition) is 1. The fourth-order valence-electron chi connectivity index (χ4n) is 4.37. The summed E-state index contributed by atoms with van der Waals surface area (Å²) in [5, 5.41) is 5.12. The van der Waals surface area contributed by atoms with E-state index < -0.39 is 0 Å². The lowest BCUT2D eigenvalue weighted by Gasteiger charge is -2.19. The highest BCUT2D eigenvalue weighted by molar-refractivity contribution is 6.23. The van der Waals surface area contributed by atoms with E-state index in [2.05, 4.69) is 77.4 Å². The average Bonchev–Trinajstić information content (AvgIpc) is 3.09. The Morgan fingerprint density at radius 3 is 2.12 bits per heavy atom. The number of aryl methyl sites for hydroxylation is 2. The highest BCUT2D eigenvalue weighted by Crippen LogP contribution is 2.38. The number of rotatable bonds is 0. The van der Waals surface area contributed by atoms with Crippen molar-refractivity contribution in [2.45, 2.75) is 12.8 Å². The first kappa shape index (κ1) is 13.2. The minimum Gasteiger partial charge on any atom is -0.295 e. The van der Waals surface area contributed by atoms with Gasteiger partial charge in [-0.05, 0) is 28.8 Å². The van der Waals surface area contributed by atoms with Crippen LogP contribution in [0.15, 0.2) is 72.8 Å². The van der Waals surface area contributed by atoms with E-state index in [1.807, 2.05) is 0 Å². The Hall–Kier alpha value is -3.13. The molecule has 1 aromatic heterocycles. The summed E-state index contributed by atoms with van der Waals surface area (Å²) >= 11 is 0. The Morgan fingerprint density at radius 2 is 1.28 bits per heavy atom. The van der Waals surface area contributed by atoms with E-state index in [9.17, 15) is 0 Å². The molecule has 0 spiro atoms. The lowest BCUT2D eigenvalue weighted by molar-refractivity contribution is 0.790. The molecule has 0 saturated heterocycles. The molecule has 0 unspecified atom stereocenters. The predicted molar refractivity (Wildman–Crippen MR) is 103 cm³/mol. The molecule has 5 aromatic rings. The van der Waals surface area contributed by atoms with Crippen molar-refractivity contribution in [1.29, 1.82) is 0 Å². The topological polar surface area (TPSA) is 17.8 Å². The van der Waals surface area contributed by atoms with Crippen molar-refractivity contribution in [1.82, 2.24) is 9.55 Å². The molecule has 2 heteroatoms. The van der Waals surface area contributed by atoms with Crippen LogP contribution >= 0.6 is 0 Å². The highest BCUT2D eigenvalue weighted by Gasteiger charge is 2.22. The van der Waals surface area contributed by atoms with E-state index in [0.717, 1.165) is 18.4 Å². The largest absolute Gasteiger partial charge is 0.295 e. The summed E-state index contributed by atoms with van der Waals surface area (Å²) in [5.74, 6) is 1.18. The number of imidazole rings is 1. The van der Waals surface area contributed by atoms with Gasteiger partial charge in [0.05, 0.1) is 16.7 Å². The van der Waals surface area contributed by atoms with Crippen molar-refractivity contribution in [2.24, 2.45) is 0 Å². The zero-order valence-corrected chi connectivity index (χ0v) is 13.7. The molecule has 1 aliphatic heterocycles. The Bertz CT molecular complexity index is 1290. The maximum atomic E-state index is 5.09. The van der Waals surface area contributed by atoms with Crippen LogP contribution in [0.1, 0.15) is 11.4 Å². The molecular weight excluding hydrogens is 304 g/mol. The third-order valence-electron chi connectivity index (χ3n) is 5.45. The minimum atomic E-state index is 0.994. The van der Waals surface area contributed by atoms with Crippen LogP contribution in [-0.4, -0.2) is 9.55 Å². The summed E-state index contributed by atoms with van der Waals surface area (Å²) in [5.41, 5.74) is 5.07. The fourth-order valence-corrected chi connectivity index (χ4v) is 4.37. The average molecular weight is 320 g/mol. The maximum absolute atomic E-state index is 5.09. The van der Waals surface area contributed by atoms with Crippen molar-refractivity contribution in [2.75, 3.05) is 0 Å². The van der Waals surface area contributed by atoms with Crippen LogP contribution in [0.25, 0.3) is 38.3 Å². The molecule has 0 atom stereocenters. The smallest absolute Gasteiger partial charge is 0.114 e. The quantitative estimate of drug-likeness (QED) is 0.348. The molecule has 0 radical (unpaired) electrons. The van der Waals surface area contributed by atoms with Gasteiger partial charge in [0.2, 0.25) is 0 Å². The van der Waals surface area contributed by atoms with Crippen LogP contribution in [0, 0.1) is 0 Å². The molecule has 0 saturated carbocycles. The van der Waals surface area contributed by atoms with Gasteiger partial charge in [-0.15, -0.1) is 0 Å². The number of benzene rings is 4. The van der Waals surface area contributed by atoms with E-state index in [1.54, 1.807) is 0 Å². The molecule has 0 bridgehead atoms. The summed E-state index contributed by atoms with van der Waals surface area (Å²) in [4.78, 5) is 5.09. The zero-order chi connectivity index (χ0) is 16.4. The number of hydrogen-bond donors (Lipinski definition) is 0. The molecule has 25 heavy (non-hydrogen) atoms. The number of para-hydroxylation sites is 1. The number of fused-ring (bicyclic) bond motifs is 10. The van der Waals surface area contributed by atoms with E-state index in [4.69, 9.17) is 4.98 Å². The van der Waals surface area contributed by atoms with Gasteiger partial charge >= 0.3 is 0 Å². The first-order valence-electron chi connectivity index (χ1n) is 8.81. The molecular formula is C23H16N2. The Morgan fingerprint density at radius 1 is 0.640 bits per heavy atom. The van der Waals surface area contributed by atoms with E-state index in [1.165, 1.54) is 44.1 Å². The molecule has 0 N–H and O–H groups in total. The lowest BCUT2D eigenvalue weighted by atomic mass is 9.99. The van der Waals surface area contributed by atoms with Gasteiger partial charge in [-0.25, -0.2) is 4.98 Å². The highest BCUT2D eigenvalue weighted by atomic mass is 15.1. The number of nitrogens with zero attached hydrogens (tertiary/aromatic N) is 2. The standard InChI is InChI=1S/C23H16N2/c1-6-12-20-15(7-1)13-14-21-24-22-18-10-4-2-8-16(18)17-9-3-5-11-19(17)23(22)25(20)21/h1-12H,13-14H2. The molecule has 0 amide bonds. The molecule has 0 fully saturated rings. The predicted octanol–water partition coefficient (Wildman–Crippen LogP) is 5.43. The summed E-state index contributed by atoms with van der Waals surface area (Å²) in [7, 11) is 0. The van der Waals surface area contributed by atoms with Gasteiger partial charge in [0.1, 0.15) is 5.82 Å². The Labute approximate surface area is 145 Å². The molecule has 2 heterocycles. The number of aromatic nitrogens is 2. The molecule has 0 aliphatic carbocycles. The summed E-state index contributed by atoms with van der Waals surface area (Å²) < 4.78 is 2.39. The van der Waals surface area contributed by atoms with Gasteiger partial charge in [-0.2, -0.15) is 0 Å². The van der Waals surface area contributed by atoms with Crippen LogP contribution in [0.4, 0.5) is 0 Å². The lowest BCUT2D eigenvalue weighted by Crippen LogP contribution is -2.12.